The number of carbonyl (C=O) groups excluding carboxylic acids is 1. The number of benzene rings is 2. The van der Waals surface area contributed by atoms with Gasteiger partial charge in [0.25, 0.3) is 5.91 Å². The number of rotatable bonds is 6. The summed E-state index contributed by atoms with van der Waals surface area (Å²) in [5.41, 5.74) is 1.00. The van der Waals surface area contributed by atoms with Gasteiger partial charge < -0.3 is 14.1 Å². The molecule has 2 aliphatic rings. The van der Waals surface area contributed by atoms with E-state index >= 15 is 0 Å². The van der Waals surface area contributed by atoms with Crippen LogP contribution in [0, 0.1) is 5.82 Å². The highest BCUT2D eigenvalue weighted by atomic mass is 32.2. The molecule has 6 nitrogen and oxygen atoms in total. The van der Waals surface area contributed by atoms with Gasteiger partial charge in [0.15, 0.2) is 5.43 Å². The maximum atomic E-state index is 13.9. The normalized spacial score (nSPS) is 18.8. The zero-order valence-electron chi connectivity index (χ0n) is 18.4. The van der Waals surface area contributed by atoms with Gasteiger partial charge in [-0.3, -0.25) is 14.5 Å². The number of nitrogens with zero attached hydrogens (tertiary/aromatic N) is 2. The number of halogens is 1. The zero-order valence-corrected chi connectivity index (χ0v) is 19.2. The number of thioether (sulfide) groups is 1. The Labute approximate surface area is 195 Å². The van der Waals surface area contributed by atoms with E-state index in [2.05, 4.69) is 4.90 Å². The minimum atomic E-state index is -0.558. The SMILES string of the molecule is CSc1ccc([C@@H]2c3c(oc4ccc(F)cc4c3=O)C(=O)N2CCCN2CCOCC2)cc1. The topological polar surface area (TPSA) is 63.0 Å². The van der Waals surface area contributed by atoms with Crippen molar-refractivity contribution in [3.63, 3.8) is 0 Å². The monoisotopic (exact) mass is 468 g/mol. The molecule has 172 valence electrons. The maximum absolute atomic E-state index is 13.9. The molecule has 1 amide bonds. The Kier molecular flexibility index (Phi) is 6.23. The van der Waals surface area contributed by atoms with E-state index in [4.69, 9.17) is 9.15 Å². The van der Waals surface area contributed by atoms with E-state index in [9.17, 15) is 14.0 Å². The second kappa shape index (κ2) is 9.29. The molecule has 0 bridgehead atoms. The van der Waals surface area contributed by atoms with Crippen LogP contribution in [0.4, 0.5) is 4.39 Å². The predicted molar refractivity (Wildman–Crippen MR) is 125 cm³/mol. The fourth-order valence-corrected chi connectivity index (χ4v) is 5.05. The summed E-state index contributed by atoms with van der Waals surface area (Å²) in [6.07, 6.45) is 2.76. The highest BCUT2D eigenvalue weighted by Gasteiger charge is 2.42. The molecular formula is C25H25FN2O4S. The van der Waals surface area contributed by atoms with Crippen molar-refractivity contribution >= 4 is 28.6 Å². The summed E-state index contributed by atoms with van der Waals surface area (Å²) in [4.78, 5) is 32.0. The lowest BCUT2D eigenvalue weighted by Gasteiger charge is -2.29. The second-order valence-corrected chi connectivity index (χ2v) is 9.18. The summed E-state index contributed by atoms with van der Waals surface area (Å²) in [7, 11) is 0. The molecule has 2 aromatic carbocycles. The zero-order chi connectivity index (χ0) is 22.9. The first-order valence-corrected chi connectivity index (χ1v) is 12.3. The summed E-state index contributed by atoms with van der Waals surface area (Å²) >= 11 is 1.63. The summed E-state index contributed by atoms with van der Waals surface area (Å²) in [6, 6.07) is 11.1. The van der Waals surface area contributed by atoms with Gasteiger partial charge in [0, 0.05) is 31.1 Å². The Morgan fingerprint density at radius 2 is 1.82 bits per heavy atom. The van der Waals surface area contributed by atoms with Gasteiger partial charge in [-0.15, -0.1) is 11.8 Å². The van der Waals surface area contributed by atoms with Crippen LogP contribution in [0.5, 0.6) is 0 Å². The van der Waals surface area contributed by atoms with Gasteiger partial charge in [-0.2, -0.15) is 0 Å². The molecule has 0 saturated carbocycles. The van der Waals surface area contributed by atoms with E-state index in [1.165, 1.54) is 18.2 Å². The average molecular weight is 469 g/mol. The van der Waals surface area contributed by atoms with Crippen molar-refractivity contribution < 1.29 is 18.3 Å². The standard InChI is InChI=1S/C25H25FN2O4S/c1-33-18-6-3-16(4-7-18)22-21-23(29)19-15-17(26)5-8-20(19)32-24(21)25(30)28(22)10-2-9-27-11-13-31-14-12-27/h3-8,15,22H,2,9-14H2,1H3/t22-/m1/s1. The van der Waals surface area contributed by atoms with Crippen LogP contribution in [0.15, 0.2) is 56.6 Å². The van der Waals surface area contributed by atoms with Gasteiger partial charge in [0.05, 0.1) is 30.2 Å². The number of morpholine rings is 1. The van der Waals surface area contributed by atoms with E-state index in [1.54, 1.807) is 16.7 Å². The molecule has 33 heavy (non-hydrogen) atoms. The van der Waals surface area contributed by atoms with Crippen LogP contribution in [0.2, 0.25) is 0 Å². The number of hydrogen-bond acceptors (Lipinski definition) is 6. The van der Waals surface area contributed by atoms with Crippen LogP contribution in [-0.2, 0) is 4.74 Å². The van der Waals surface area contributed by atoms with Gasteiger partial charge in [0.2, 0.25) is 5.76 Å². The van der Waals surface area contributed by atoms with Crippen molar-refractivity contribution in [1.82, 2.24) is 9.80 Å². The van der Waals surface area contributed by atoms with Crippen molar-refractivity contribution in [2.24, 2.45) is 0 Å². The minimum Gasteiger partial charge on any atom is -0.450 e. The molecule has 0 spiro atoms. The Hall–Kier alpha value is -2.68. The molecule has 2 aliphatic heterocycles. The average Bonchev–Trinajstić information content (AvgIpc) is 3.12. The predicted octanol–water partition coefficient (Wildman–Crippen LogP) is 3.92. The van der Waals surface area contributed by atoms with E-state index in [-0.39, 0.29) is 28.1 Å². The number of hydrogen-bond donors (Lipinski definition) is 0. The Morgan fingerprint density at radius 3 is 2.55 bits per heavy atom. The minimum absolute atomic E-state index is 0.0597. The summed E-state index contributed by atoms with van der Waals surface area (Å²) in [6.45, 7) is 4.53. The lowest BCUT2D eigenvalue weighted by molar-refractivity contribution is 0.0353. The van der Waals surface area contributed by atoms with Crippen molar-refractivity contribution in [2.45, 2.75) is 17.4 Å². The van der Waals surface area contributed by atoms with Crippen LogP contribution in [0.1, 0.15) is 34.1 Å². The Balaban J connectivity index is 1.53. The molecular weight excluding hydrogens is 443 g/mol. The molecule has 3 aromatic rings. The molecule has 3 heterocycles. The van der Waals surface area contributed by atoms with Crippen LogP contribution >= 0.6 is 11.8 Å². The smallest absolute Gasteiger partial charge is 0.290 e. The largest absolute Gasteiger partial charge is 0.450 e. The third-order valence-electron chi connectivity index (χ3n) is 6.34. The number of amides is 1. The Bertz CT molecular complexity index is 1240. The van der Waals surface area contributed by atoms with Crippen LogP contribution in [-0.4, -0.2) is 61.4 Å². The number of fused-ring (bicyclic) bond motifs is 2. The molecule has 0 radical (unpaired) electrons. The Morgan fingerprint density at radius 1 is 1.06 bits per heavy atom. The molecule has 1 atom stereocenters. The van der Waals surface area contributed by atoms with Gasteiger partial charge >= 0.3 is 0 Å². The van der Waals surface area contributed by atoms with Gasteiger partial charge in [-0.1, -0.05) is 12.1 Å². The summed E-state index contributed by atoms with van der Waals surface area (Å²) in [5.74, 6) is -0.749. The first-order chi connectivity index (χ1) is 16.1. The van der Waals surface area contributed by atoms with Crippen LogP contribution in [0.3, 0.4) is 0 Å². The lowest BCUT2D eigenvalue weighted by atomic mass is 9.98. The fraction of sp³-hybridized carbons (Fsp3) is 0.360. The molecule has 8 heteroatoms. The van der Waals surface area contributed by atoms with E-state index in [0.29, 0.717) is 12.1 Å². The van der Waals surface area contributed by atoms with Gasteiger partial charge in [-0.05, 0) is 48.6 Å². The van der Waals surface area contributed by atoms with Crippen molar-refractivity contribution in [3.8, 4) is 0 Å². The number of carbonyl (C=O) groups is 1. The quantitative estimate of drug-likeness (QED) is 0.511. The summed E-state index contributed by atoms with van der Waals surface area (Å²) < 4.78 is 25.2. The first-order valence-electron chi connectivity index (χ1n) is 11.1. The van der Waals surface area contributed by atoms with Gasteiger partial charge in [0.1, 0.15) is 11.4 Å². The summed E-state index contributed by atoms with van der Waals surface area (Å²) in [5, 5.41) is 0.155. The van der Waals surface area contributed by atoms with E-state index in [0.717, 1.165) is 49.7 Å². The lowest BCUT2D eigenvalue weighted by Crippen LogP contribution is -2.38. The molecule has 0 aliphatic carbocycles. The third-order valence-corrected chi connectivity index (χ3v) is 7.08. The first kappa shape index (κ1) is 22.1. The second-order valence-electron chi connectivity index (χ2n) is 8.30. The third kappa shape index (κ3) is 4.18. The maximum Gasteiger partial charge on any atom is 0.290 e. The van der Waals surface area contributed by atoms with Gasteiger partial charge in [-0.25, -0.2) is 4.39 Å². The van der Waals surface area contributed by atoms with Crippen molar-refractivity contribution in [1.29, 1.82) is 0 Å². The molecule has 1 saturated heterocycles. The van der Waals surface area contributed by atoms with Crippen molar-refractivity contribution in [3.05, 3.63) is 75.4 Å². The molecule has 1 aromatic heterocycles. The van der Waals surface area contributed by atoms with E-state index in [1.807, 2.05) is 30.5 Å². The highest BCUT2D eigenvalue weighted by molar-refractivity contribution is 7.98. The molecule has 1 fully saturated rings. The molecule has 0 unspecified atom stereocenters. The fourth-order valence-electron chi connectivity index (χ4n) is 4.65. The highest BCUT2D eigenvalue weighted by Crippen LogP contribution is 2.38. The molecule has 0 N–H and O–H groups in total. The molecule has 5 rings (SSSR count). The van der Waals surface area contributed by atoms with Crippen molar-refractivity contribution in [2.75, 3.05) is 45.6 Å². The van der Waals surface area contributed by atoms with E-state index < -0.39 is 11.9 Å². The number of ether oxygens (including phenoxy) is 1. The van der Waals surface area contributed by atoms with Crippen LogP contribution < -0.4 is 5.43 Å². The van der Waals surface area contributed by atoms with Crippen LogP contribution in [0.25, 0.3) is 11.0 Å².